The maximum Gasteiger partial charge on any atom is 3.00 e. The maximum atomic E-state index is 6.69. The van der Waals surface area contributed by atoms with E-state index in [-0.39, 0.29) is 67.1 Å². The van der Waals surface area contributed by atoms with E-state index < -0.39 is 0 Å². The van der Waals surface area contributed by atoms with Crippen LogP contribution in [0.25, 0.3) is 162 Å². The third kappa shape index (κ3) is 21.9. The van der Waals surface area contributed by atoms with Crippen molar-refractivity contribution in [1.29, 1.82) is 0 Å². The second kappa shape index (κ2) is 45.5. The van der Waals surface area contributed by atoms with Crippen LogP contribution >= 0.6 is 0 Å². The van der Waals surface area contributed by atoms with Gasteiger partial charge in [0, 0.05) is 52.0 Å². The smallest absolute Gasteiger partial charge is 0.618 e. The van der Waals surface area contributed by atoms with Crippen LogP contribution in [-0.4, -0.2) is 39.3 Å². The average Bonchev–Trinajstić information content (AvgIpc) is 1.59. The van der Waals surface area contributed by atoms with Crippen LogP contribution in [0.5, 0.6) is 0 Å². The van der Waals surface area contributed by atoms with Gasteiger partial charge >= 0.3 is 67.1 Å². The fourth-order valence-electron chi connectivity index (χ4n) is 16.4. The zero-order chi connectivity index (χ0) is 90.6. The Kier molecular flexibility index (Phi) is 31.3. The Bertz CT molecular complexity index is 7860. The van der Waals surface area contributed by atoms with Crippen molar-refractivity contribution in [1.82, 2.24) is 54.4 Å². The van der Waals surface area contributed by atoms with E-state index in [9.17, 15) is 0 Å². The number of anilines is 3. The van der Waals surface area contributed by atoms with Crippen LogP contribution in [0.15, 0.2) is 455 Å². The minimum atomic E-state index is 0. The third-order valence-electron chi connectivity index (χ3n) is 23.0. The predicted molar refractivity (Wildman–Crippen MR) is 543 cm³/mol. The zero-order valence-corrected chi connectivity index (χ0v) is 80.1. The molecule has 0 fully saturated rings. The van der Waals surface area contributed by atoms with Gasteiger partial charge < -0.3 is 57.2 Å². The Morgan fingerprint density at radius 2 is 0.766 bits per heavy atom. The summed E-state index contributed by atoms with van der Waals surface area (Å²) < 4.78 is 4.31. The van der Waals surface area contributed by atoms with Crippen LogP contribution in [0.2, 0.25) is 0 Å². The molecule has 0 unspecified atom stereocenters. The summed E-state index contributed by atoms with van der Waals surface area (Å²) in [4.78, 5) is 25.8. The van der Waals surface area contributed by atoms with Crippen molar-refractivity contribution in [3.63, 3.8) is 0 Å². The standard InChI is InChI=1S/C34H24N4.2C32H20N4.C8H7.2C8H5.3Au/c1-2-8-24(9-3-1)25-15-17-26(18-16-25)31-23-32(37-36-31)29-11-6-13-30(22-29)38-33-14-5-4-10-27(33)19-20-28-12-7-21-35-34(28)38;1-2-8-22(9-3-1)23-15-17-24(18-16-23)29-21-30(35-34-29)25-10-6-11-26(20-25)36-31-14-5-4-12-27(31)28-13-7-19-33-32(28)36;1-2-8-22(9-3-1)23-13-15-24(16-14-23)28-21-34-32(35-28)25-17-18-27-26-10-4-5-11-29(26)36(30(27)20-25)31-12-6-7-19-33-31;3*1-2-8-6-4-3-5-7-8;;;/h1-18,21,23H,19-20H2;2*1-19,21H;1-7H;2*3-7H;;;/q3*-2;3*-1;3*+3. The van der Waals surface area contributed by atoms with Crippen LogP contribution in [0, 0.1) is 49.5 Å². The first-order valence-electron chi connectivity index (χ1n) is 44.0. The van der Waals surface area contributed by atoms with Crippen molar-refractivity contribution in [2.45, 2.75) is 12.8 Å². The number of fused-ring (bicyclic) bond motifs is 8. The van der Waals surface area contributed by atoms with Crippen molar-refractivity contribution in [2.75, 3.05) is 4.90 Å². The molecule has 0 N–H and O–H groups in total. The molecule has 12 nitrogen and oxygen atoms in total. The van der Waals surface area contributed by atoms with Gasteiger partial charge in [0.25, 0.3) is 0 Å². The number of hydrogen-bond acceptors (Lipinski definition) is 7. The van der Waals surface area contributed by atoms with E-state index in [1.807, 2.05) is 195 Å². The molecule has 1 aliphatic heterocycles. The van der Waals surface area contributed by atoms with Crippen molar-refractivity contribution >= 4 is 67.0 Å². The van der Waals surface area contributed by atoms with Crippen molar-refractivity contribution in [3.05, 3.63) is 521 Å². The number of rotatable bonds is 13. The summed E-state index contributed by atoms with van der Waals surface area (Å²) >= 11 is 0. The van der Waals surface area contributed by atoms with Gasteiger partial charge in [0.2, 0.25) is 0 Å². The molecule has 0 amide bonds. The van der Waals surface area contributed by atoms with Gasteiger partial charge in [-0.25, -0.2) is 32.4 Å². The molecule has 15 aromatic carbocycles. The molecule has 24 rings (SSSR count). The Balaban J connectivity index is 0.000000131. The molecule has 0 bridgehead atoms. The van der Waals surface area contributed by atoms with E-state index in [2.05, 4.69) is 340 Å². The molecule has 0 radical (unpaired) electrons. The van der Waals surface area contributed by atoms with Gasteiger partial charge in [-0.15, -0.1) is 120 Å². The van der Waals surface area contributed by atoms with E-state index in [0.717, 1.165) is 153 Å². The normalized spacial score (nSPS) is 10.8. The van der Waals surface area contributed by atoms with Crippen LogP contribution in [0.3, 0.4) is 0 Å². The molecule has 15 heteroatoms. The summed E-state index contributed by atoms with van der Waals surface area (Å²) in [5, 5.41) is 22.6. The average molecular weight is 2310 g/mol. The minimum Gasteiger partial charge on any atom is -0.618 e. The first-order chi connectivity index (χ1) is 66.3. The molecule has 8 aromatic heterocycles. The molecule has 23 aromatic rings. The van der Waals surface area contributed by atoms with Crippen LogP contribution in [-0.2, 0) is 80.0 Å². The van der Waals surface area contributed by atoms with E-state index >= 15 is 0 Å². The molecule has 0 saturated carbocycles. The van der Waals surface area contributed by atoms with Gasteiger partial charge in [-0.3, -0.25) is 18.4 Å². The Hall–Kier alpha value is -16.1. The monoisotopic (exact) mass is 2300 g/mol. The summed E-state index contributed by atoms with van der Waals surface area (Å²) in [7, 11) is 0. The van der Waals surface area contributed by atoms with Crippen LogP contribution in [0.1, 0.15) is 27.8 Å². The number of aromatic nitrogens is 11. The maximum absolute atomic E-state index is 6.69. The van der Waals surface area contributed by atoms with Crippen molar-refractivity contribution < 1.29 is 67.1 Å². The number of nitrogens with zero attached hydrogens (tertiary/aromatic N) is 12. The van der Waals surface area contributed by atoms with Crippen LogP contribution in [0.4, 0.5) is 17.2 Å². The van der Waals surface area contributed by atoms with Gasteiger partial charge in [0.1, 0.15) is 17.3 Å². The van der Waals surface area contributed by atoms with E-state index in [4.69, 9.17) is 29.4 Å². The molecule has 0 saturated heterocycles. The Morgan fingerprint density at radius 1 is 0.336 bits per heavy atom. The largest absolute Gasteiger partial charge is 3.00 e. The predicted octanol–water partition coefficient (Wildman–Crippen LogP) is 27.8. The van der Waals surface area contributed by atoms with Gasteiger partial charge in [-0.05, 0) is 151 Å². The molecular weight excluding hydrogens is 2220 g/mol. The number of pyridine rings is 3. The van der Waals surface area contributed by atoms with E-state index in [0.29, 0.717) is 5.82 Å². The van der Waals surface area contributed by atoms with Gasteiger partial charge in [0.05, 0.1) is 5.52 Å². The summed E-state index contributed by atoms with van der Waals surface area (Å²) in [6.45, 7) is 5.22. The number of para-hydroxylation sites is 3. The first kappa shape index (κ1) is 94.1. The van der Waals surface area contributed by atoms with Crippen molar-refractivity contribution in [2.24, 2.45) is 0 Å². The molecule has 0 spiro atoms. The van der Waals surface area contributed by atoms with Gasteiger partial charge in [-0.1, -0.05) is 309 Å². The van der Waals surface area contributed by atoms with Crippen molar-refractivity contribution in [3.8, 4) is 124 Å². The van der Waals surface area contributed by atoms with Gasteiger partial charge in [-0.2, -0.15) is 22.3 Å². The molecule has 662 valence electrons. The molecule has 0 aliphatic carbocycles. The summed E-state index contributed by atoms with van der Waals surface area (Å²) in [5.74, 6) is 7.04. The number of imidazole rings is 1. The van der Waals surface area contributed by atoms with E-state index in [1.54, 1.807) is 6.08 Å². The molecular formula is C122H81Au3N12. The quantitative estimate of drug-likeness (QED) is 0.0624. The molecule has 137 heavy (non-hydrogen) atoms. The Morgan fingerprint density at radius 3 is 1.30 bits per heavy atom. The number of hydrogen-bond donors (Lipinski definition) is 0. The molecule has 0 atom stereocenters. The summed E-state index contributed by atoms with van der Waals surface area (Å²) in [5.41, 5.74) is 29.4. The second-order valence-electron chi connectivity index (χ2n) is 31.4. The second-order valence-corrected chi connectivity index (χ2v) is 31.4. The van der Waals surface area contributed by atoms with Crippen LogP contribution < -0.4 is 20.1 Å². The number of aryl methyl sites for hydroxylation is 2. The zero-order valence-electron chi connectivity index (χ0n) is 73.6. The summed E-state index contributed by atoms with van der Waals surface area (Å²) in [6, 6.07) is 156. The van der Waals surface area contributed by atoms with E-state index in [1.165, 1.54) is 55.3 Å². The SMILES string of the molecule is [Au+3].[Au+3].[Au+3].[C-]#Cc1ccccc1.[C-]#Cc1ccccc1.[CH-]=Cc1ccccc1.[c-]1c(-c2cc(-c3ccc(-c4ccccc4)cc3)n[n-]2)cccc1-n1c2ccccc2c2cccnc21.[c-]1c(-c2cc(-c3ccc(-c4ccccc4)cc3)n[n-]2)cccc1N1c2ccccc2CCc2cccnc21.[c-]1c(-c2nc(-c3ccc(-c4ccccc4)cc3)c[n-]2)ccc2c3ccccc3n(-c3ccccn3)c12. The van der Waals surface area contributed by atoms with Gasteiger partial charge in [0.15, 0.2) is 0 Å². The minimum absolute atomic E-state index is 0. The Labute approximate surface area is 844 Å². The summed E-state index contributed by atoms with van der Waals surface area (Å²) in [6.07, 6.45) is 24.2. The molecule has 1 aliphatic rings. The fraction of sp³-hybridized carbons (Fsp3) is 0.0164. The first-order valence-corrected chi connectivity index (χ1v) is 44.0. The molecule has 9 heterocycles. The topological polar surface area (TPSA) is 133 Å². The third-order valence-corrected chi connectivity index (χ3v) is 23.0. The number of benzene rings is 15. The fourth-order valence-corrected chi connectivity index (χ4v) is 16.4.